The zero-order valence-electron chi connectivity index (χ0n) is 29.6. The summed E-state index contributed by atoms with van der Waals surface area (Å²) in [6.45, 7) is 8.80. The van der Waals surface area contributed by atoms with Gasteiger partial charge in [0.15, 0.2) is 6.10 Å². The van der Waals surface area contributed by atoms with E-state index in [0.29, 0.717) is 19.3 Å². The van der Waals surface area contributed by atoms with Gasteiger partial charge in [0.05, 0.1) is 0 Å². The van der Waals surface area contributed by atoms with E-state index in [1.807, 2.05) is 0 Å². The number of carbonyl (C=O) groups excluding carboxylic acids is 3. The van der Waals surface area contributed by atoms with Gasteiger partial charge in [0, 0.05) is 19.3 Å². The summed E-state index contributed by atoms with van der Waals surface area (Å²) in [6, 6.07) is 0. The molecule has 0 saturated heterocycles. The van der Waals surface area contributed by atoms with Gasteiger partial charge in [0.25, 0.3) is 0 Å². The maximum absolute atomic E-state index is 12.4. The summed E-state index contributed by atoms with van der Waals surface area (Å²) in [6.07, 6.45) is 28.6. The number of hydrogen-bond donors (Lipinski definition) is 0. The van der Waals surface area contributed by atoms with Crippen molar-refractivity contribution in [3.8, 4) is 0 Å². The van der Waals surface area contributed by atoms with Crippen LogP contribution in [0.2, 0.25) is 0 Å². The highest BCUT2D eigenvalue weighted by Gasteiger charge is 2.19. The van der Waals surface area contributed by atoms with Crippen LogP contribution in [0.15, 0.2) is 0 Å². The normalized spacial score (nSPS) is 11.9. The number of rotatable bonds is 33. The van der Waals surface area contributed by atoms with Gasteiger partial charge < -0.3 is 14.2 Å². The number of ether oxygens (including phenoxy) is 3. The SMILES string of the molecule is CCCCCCCC(=O)OC[C@H](COC(=O)CCCCCCCCCCCCCCCC(C)C)OC(=O)CCCCCCC. The lowest BCUT2D eigenvalue weighted by Crippen LogP contribution is -2.30. The zero-order valence-corrected chi connectivity index (χ0v) is 29.6. The van der Waals surface area contributed by atoms with Crippen LogP contribution in [0.1, 0.15) is 201 Å². The highest BCUT2D eigenvalue weighted by atomic mass is 16.6. The van der Waals surface area contributed by atoms with Gasteiger partial charge in [-0.2, -0.15) is 0 Å². The van der Waals surface area contributed by atoms with Crippen LogP contribution in [-0.2, 0) is 28.6 Å². The molecule has 0 aromatic rings. The van der Waals surface area contributed by atoms with Crippen molar-refractivity contribution < 1.29 is 28.6 Å². The summed E-state index contributed by atoms with van der Waals surface area (Å²) in [7, 11) is 0. The molecule has 0 spiro atoms. The molecule has 0 heterocycles. The van der Waals surface area contributed by atoms with Crippen LogP contribution < -0.4 is 0 Å². The van der Waals surface area contributed by atoms with Crippen molar-refractivity contribution in [3.05, 3.63) is 0 Å². The molecule has 0 aromatic heterocycles. The quantitative estimate of drug-likeness (QED) is 0.0410. The Labute approximate surface area is 272 Å². The first-order chi connectivity index (χ1) is 21.4. The molecule has 0 amide bonds. The molecule has 0 bridgehead atoms. The average molecular weight is 625 g/mol. The molecule has 6 nitrogen and oxygen atoms in total. The highest BCUT2D eigenvalue weighted by Crippen LogP contribution is 2.15. The average Bonchev–Trinajstić information content (AvgIpc) is 3.00. The van der Waals surface area contributed by atoms with Gasteiger partial charge in [-0.05, 0) is 25.2 Å². The molecule has 0 fully saturated rings. The second kappa shape index (κ2) is 32.8. The molecule has 0 aromatic carbocycles. The molecule has 1 atom stereocenters. The van der Waals surface area contributed by atoms with Crippen LogP contribution in [-0.4, -0.2) is 37.2 Å². The largest absolute Gasteiger partial charge is 0.462 e. The summed E-state index contributed by atoms with van der Waals surface area (Å²) < 4.78 is 16.4. The molecule has 0 N–H and O–H groups in total. The maximum Gasteiger partial charge on any atom is 0.306 e. The fraction of sp³-hybridized carbons (Fsp3) is 0.921. The molecule has 44 heavy (non-hydrogen) atoms. The predicted molar refractivity (Wildman–Crippen MR) is 183 cm³/mol. The lowest BCUT2D eigenvalue weighted by atomic mass is 10.0. The summed E-state index contributed by atoms with van der Waals surface area (Å²) in [5, 5.41) is 0. The van der Waals surface area contributed by atoms with E-state index in [2.05, 4.69) is 27.7 Å². The standard InChI is InChI=1S/C38H72O6/c1-5-7-9-20-25-29-36(39)42-32-35(44-38(41)31-27-21-10-8-6-2)33-43-37(40)30-26-23-19-17-15-13-11-12-14-16-18-22-24-28-34(3)4/h34-35H,5-33H2,1-4H3/t35-/m1/s1. The van der Waals surface area contributed by atoms with Crippen LogP contribution >= 0.6 is 0 Å². The molecule has 0 aliphatic carbocycles. The number of hydrogen-bond acceptors (Lipinski definition) is 6. The van der Waals surface area contributed by atoms with Crippen LogP contribution in [0, 0.1) is 5.92 Å². The molecule has 0 aliphatic rings. The van der Waals surface area contributed by atoms with Gasteiger partial charge in [-0.15, -0.1) is 0 Å². The van der Waals surface area contributed by atoms with Crippen molar-refractivity contribution in [1.29, 1.82) is 0 Å². The Hall–Kier alpha value is -1.59. The van der Waals surface area contributed by atoms with E-state index >= 15 is 0 Å². The van der Waals surface area contributed by atoms with Crippen LogP contribution in [0.5, 0.6) is 0 Å². The van der Waals surface area contributed by atoms with Crippen molar-refractivity contribution >= 4 is 17.9 Å². The molecule has 0 rings (SSSR count). The van der Waals surface area contributed by atoms with Gasteiger partial charge in [0.1, 0.15) is 13.2 Å². The van der Waals surface area contributed by atoms with Crippen molar-refractivity contribution in [2.24, 2.45) is 5.92 Å². The molecule has 0 unspecified atom stereocenters. The topological polar surface area (TPSA) is 78.9 Å². The number of unbranched alkanes of at least 4 members (excludes halogenated alkanes) is 20. The monoisotopic (exact) mass is 625 g/mol. The third-order valence-electron chi connectivity index (χ3n) is 8.29. The maximum atomic E-state index is 12.4. The second-order valence-electron chi connectivity index (χ2n) is 13.3. The minimum absolute atomic E-state index is 0.0673. The van der Waals surface area contributed by atoms with E-state index in [-0.39, 0.29) is 31.1 Å². The first kappa shape index (κ1) is 42.4. The third kappa shape index (κ3) is 31.8. The van der Waals surface area contributed by atoms with E-state index < -0.39 is 6.10 Å². The smallest absolute Gasteiger partial charge is 0.306 e. The molecular formula is C38H72O6. The number of esters is 3. The molecule has 0 radical (unpaired) electrons. The van der Waals surface area contributed by atoms with E-state index in [0.717, 1.165) is 76.5 Å². The minimum atomic E-state index is -0.754. The third-order valence-corrected chi connectivity index (χ3v) is 8.29. The Bertz CT molecular complexity index is 662. The van der Waals surface area contributed by atoms with E-state index in [9.17, 15) is 14.4 Å². The summed E-state index contributed by atoms with van der Waals surface area (Å²) in [4.78, 5) is 36.9. The number of carbonyl (C=O) groups is 3. The Kier molecular flexibility index (Phi) is 31.6. The van der Waals surface area contributed by atoms with E-state index in [1.165, 1.54) is 83.5 Å². The van der Waals surface area contributed by atoms with E-state index in [1.54, 1.807) is 0 Å². The Morgan fingerprint density at radius 2 is 0.750 bits per heavy atom. The van der Waals surface area contributed by atoms with Crippen LogP contribution in [0.3, 0.4) is 0 Å². The van der Waals surface area contributed by atoms with Gasteiger partial charge in [-0.25, -0.2) is 0 Å². The van der Waals surface area contributed by atoms with Crippen molar-refractivity contribution in [1.82, 2.24) is 0 Å². The lowest BCUT2D eigenvalue weighted by Gasteiger charge is -2.18. The predicted octanol–water partition coefficient (Wildman–Crippen LogP) is 11.2. The second-order valence-corrected chi connectivity index (χ2v) is 13.3. The highest BCUT2D eigenvalue weighted by molar-refractivity contribution is 5.71. The van der Waals surface area contributed by atoms with Gasteiger partial charge in [-0.3, -0.25) is 14.4 Å². The lowest BCUT2D eigenvalue weighted by molar-refractivity contribution is -0.167. The van der Waals surface area contributed by atoms with E-state index in [4.69, 9.17) is 14.2 Å². The van der Waals surface area contributed by atoms with Gasteiger partial charge in [-0.1, -0.05) is 163 Å². The molecule has 6 heteroatoms. The summed E-state index contributed by atoms with van der Waals surface area (Å²) in [5.41, 5.74) is 0. The summed E-state index contributed by atoms with van der Waals surface area (Å²) >= 11 is 0. The Morgan fingerprint density at radius 3 is 1.11 bits per heavy atom. The molecular weight excluding hydrogens is 552 g/mol. The zero-order chi connectivity index (χ0) is 32.5. The molecule has 260 valence electrons. The molecule has 0 aliphatic heterocycles. The van der Waals surface area contributed by atoms with Crippen molar-refractivity contribution in [3.63, 3.8) is 0 Å². The minimum Gasteiger partial charge on any atom is -0.462 e. The van der Waals surface area contributed by atoms with Crippen molar-refractivity contribution in [2.45, 2.75) is 207 Å². The summed E-state index contributed by atoms with van der Waals surface area (Å²) in [5.74, 6) is -0.0545. The Balaban J connectivity index is 4.07. The Morgan fingerprint density at radius 1 is 0.432 bits per heavy atom. The van der Waals surface area contributed by atoms with Gasteiger partial charge >= 0.3 is 17.9 Å². The van der Waals surface area contributed by atoms with Crippen LogP contribution in [0.25, 0.3) is 0 Å². The first-order valence-corrected chi connectivity index (χ1v) is 18.9. The van der Waals surface area contributed by atoms with Gasteiger partial charge in [0.2, 0.25) is 0 Å². The fourth-order valence-electron chi connectivity index (χ4n) is 5.39. The first-order valence-electron chi connectivity index (χ1n) is 18.9. The fourth-order valence-corrected chi connectivity index (χ4v) is 5.39. The van der Waals surface area contributed by atoms with Crippen LogP contribution in [0.4, 0.5) is 0 Å². The molecule has 0 saturated carbocycles. The van der Waals surface area contributed by atoms with Crippen molar-refractivity contribution in [2.75, 3.05) is 13.2 Å².